The molecule has 0 aromatic carbocycles. The maximum atomic E-state index is 12.0. The van der Waals surface area contributed by atoms with E-state index >= 15 is 0 Å². The maximum absolute atomic E-state index is 12.0. The van der Waals surface area contributed by atoms with E-state index in [1.807, 2.05) is 13.8 Å². The topological polar surface area (TPSA) is 58.2 Å². The van der Waals surface area contributed by atoms with Crippen LogP contribution in [0.25, 0.3) is 0 Å². The van der Waals surface area contributed by atoms with Crippen LogP contribution >= 0.6 is 12.2 Å². The molecule has 1 aliphatic rings. The van der Waals surface area contributed by atoms with E-state index in [0.717, 1.165) is 0 Å². The number of carbonyl (C=O) groups excluding carboxylic acids is 2. The zero-order valence-electron chi connectivity index (χ0n) is 10.5. The molecule has 88 valence electrons. The average Bonchev–Trinajstić information content (AvgIpc) is 2.13. The first kappa shape index (κ1) is 16.8. The third kappa shape index (κ3) is 3.61. The molecule has 0 aromatic rings. The first-order chi connectivity index (χ1) is 7.42. The molecule has 1 saturated heterocycles. The Morgan fingerprint density at radius 2 is 1.82 bits per heavy atom. The number of thiocarbonyl (C=S) groups is 1. The van der Waals surface area contributed by atoms with Gasteiger partial charge in [-0.15, -0.1) is 6.58 Å². The van der Waals surface area contributed by atoms with Crippen molar-refractivity contribution < 1.29 is 39.1 Å². The van der Waals surface area contributed by atoms with Gasteiger partial charge in [0.05, 0.1) is 0 Å². The van der Waals surface area contributed by atoms with Gasteiger partial charge in [0.2, 0.25) is 11.8 Å². The van der Waals surface area contributed by atoms with Crippen LogP contribution in [0.3, 0.4) is 0 Å². The summed E-state index contributed by atoms with van der Waals surface area (Å²) in [5.41, 5.74) is -1.06. The van der Waals surface area contributed by atoms with Gasteiger partial charge in [0.15, 0.2) is 5.11 Å². The van der Waals surface area contributed by atoms with E-state index in [1.165, 1.54) is 0 Å². The van der Waals surface area contributed by atoms with E-state index in [0.29, 0.717) is 12.8 Å². The number of nitrogens with one attached hydrogen (secondary N) is 2. The number of carbonyl (C=O) groups is 2. The van der Waals surface area contributed by atoms with Crippen LogP contribution in [0.5, 0.6) is 0 Å². The van der Waals surface area contributed by atoms with Crippen molar-refractivity contribution in [3.05, 3.63) is 12.7 Å². The summed E-state index contributed by atoms with van der Waals surface area (Å²) in [5, 5.41) is 5.09. The zero-order chi connectivity index (χ0) is 12.3. The van der Waals surface area contributed by atoms with Gasteiger partial charge < -0.3 is 10.6 Å². The number of allylic oxidation sites excluding steroid dienone is 1. The minimum Gasteiger partial charge on any atom is -0.302 e. The molecule has 6 heteroatoms. The summed E-state index contributed by atoms with van der Waals surface area (Å²) in [7, 11) is 0. The molecule has 0 bridgehead atoms. The van der Waals surface area contributed by atoms with E-state index < -0.39 is 5.41 Å². The van der Waals surface area contributed by atoms with Crippen LogP contribution in [0.15, 0.2) is 12.7 Å². The van der Waals surface area contributed by atoms with Crippen molar-refractivity contribution in [3.8, 4) is 0 Å². The molecule has 0 atom stereocenters. The second-order valence-corrected chi connectivity index (χ2v) is 4.82. The Hall–Kier alpha value is -0.230. The molecule has 1 fully saturated rings. The van der Waals surface area contributed by atoms with Crippen LogP contribution in [0.1, 0.15) is 26.7 Å². The minimum atomic E-state index is -1.06. The molecular formula is C11H16N2NaO2S+. The molecule has 1 aliphatic heterocycles. The fourth-order valence-corrected chi connectivity index (χ4v) is 2.16. The molecule has 0 unspecified atom stereocenters. The van der Waals surface area contributed by atoms with Gasteiger partial charge >= 0.3 is 29.6 Å². The van der Waals surface area contributed by atoms with E-state index in [2.05, 4.69) is 17.2 Å². The third-order valence-corrected chi connectivity index (χ3v) is 2.78. The van der Waals surface area contributed by atoms with Crippen LogP contribution in [-0.4, -0.2) is 16.9 Å². The van der Waals surface area contributed by atoms with Crippen LogP contribution in [-0.2, 0) is 9.59 Å². The Morgan fingerprint density at radius 3 is 2.18 bits per heavy atom. The van der Waals surface area contributed by atoms with Crippen molar-refractivity contribution in [1.29, 1.82) is 0 Å². The van der Waals surface area contributed by atoms with Gasteiger partial charge in [-0.3, -0.25) is 9.59 Å². The Balaban J connectivity index is 0.00000256. The average molecular weight is 263 g/mol. The van der Waals surface area contributed by atoms with Crippen LogP contribution in [0, 0.1) is 11.3 Å². The summed E-state index contributed by atoms with van der Waals surface area (Å²) in [5.74, 6) is -0.409. The van der Waals surface area contributed by atoms with Gasteiger partial charge in [-0.25, -0.2) is 0 Å². The van der Waals surface area contributed by atoms with Crippen LogP contribution in [0.2, 0.25) is 0 Å². The summed E-state index contributed by atoms with van der Waals surface area (Å²) < 4.78 is 0. The van der Waals surface area contributed by atoms with Gasteiger partial charge in [-0.2, -0.15) is 0 Å². The largest absolute Gasteiger partial charge is 1.00 e. The van der Waals surface area contributed by atoms with Crippen molar-refractivity contribution in [3.63, 3.8) is 0 Å². The maximum Gasteiger partial charge on any atom is 1.00 e. The number of hydrogen-bond acceptors (Lipinski definition) is 3. The van der Waals surface area contributed by atoms with E-state index in [1.54, 1.807) is 6.08 Å². The van der Waals surface area contributed by atoms with Crippen molar-refractivity contribution in [2.45, 2.75) is 26.7 Å². The quantitative estimate of drug-likeness (QED) is 0.270. The molecule has 0 aromatic heterocycles. The first-order valence-electron chi connectivity index (χ1n) is 5.20. The van der Waals surface area contributed by atoms with Gasteiger partial charge in [0.25, 0.3) is 0 Å². The number of rotatable bonds is 4. The minimum absolute atomic E-state index is 0. The Kier molecular flexibility index (Phi) is 6.55. The van der Waals surface area contributed by atoms with E-state index in [4.69, 9.17) is 12.2 Å². The SMILES string of the molecule is C=CCC1(CC(C)C)C(=O)NC(=S)NC1=O.[Na+]. The zero-order valence-corrected chi connectivity index (χ0v) is 13.3. The summed E-state index contributed by atoms with van der Waals surface area (Å²) in [4.78, 5) is 23.9. The molecule has 0 aliphatic carbocycles. The molecule has 4 nitrogen and oxygen atoms in total. The molecule has 17 heavy (non-hydrogen) atoms. The monoisotopic (exact) mass is 263 g/mol. The number of amides is 2. The van der Waals surface area contributed by atoms with Crippen LogP contribution in [0.4, 0.5) is 0 Å². The second kappa shape index (κ2) is 6.64. The first-order valence-corrected chi connectivity index (χ1v) is 5.61. The molecule has 2 amide bonds. The summed E-state index contributed by atoms with van der Waals surface area (Å²) in [6, 6.07) is 0. The Bertz CT molecular complexity index is 335. The van der Waals surface area contributed by atoms with Gasteiger partial charge in [-0.1, -0.05) is 19.9 Å². The van der Waals surface area contributed by atoms with Crippen molar-refractivity contribution in [1.82, 2.24) is 10.6 Å². The van der Waals surface area contributed by atoms with Crippen molar-refractivity contribution in [2.24, 2.45) is 11.3 Å². The molecule has 0 radical (unpaired) electrons. The van der Waals surface area contributed by atoms with Crippen LogP contribution < -0.4 is 40.2 Å². The van der Waals surface area contributed by atoms with Gasteiger partial charge in [0.1, 0.15) is 5.41 Å². The summed E-state index contributed by atoms with van der Waals surface area (Å²) in [6.07, 6.45) is 2.40. The van der Waals surface area contributed by atoms with Gasteiger partial charge in [-0.05, 0) is 31.0 Å². The predicted molar refractivity (Wildman–Crippen MR) is 65.6 cm³/mol. The summed E-state index contributed by atoms with van der Waals surface area (Å²) in [6.45, 7) is 7.54. The normalized spacial score (nSPS) is 18.2. The Labute approximate surface area is 129 Å². The molecule has 0 saturated carbocycles. The Morgan fingerprint density at radius 1 is 1.35 bits per heavy atom. The molecule has 1 heterocycles. The van der Waals surface area contributed by atoms with Gasteiger partial charge in [0, 0.05) is 0 Å². The molecule has 2 N–H and O–H groups in total. The number of hydrogen-bond donors (Lipinski definition) is 2. The standard InChI is InChI=1S/C11H16N2O2S.Na/c1-4-5-11(6-7(2)3)8(14)12-10(16)13-9(11)15;/h4,7H,1,5-6H2,2-3H3,(H2,12,13,14,15,16);/q;+1. The molecular weight excluding hydrogens is 247 g/mol. The molecule has 1 rings (SSSR count). The predicted octanol–water partition coefficient (Wildman–Crippen LogP) is -1.87. The van der Waals surface area contributed by atoms with E-state index in [-0.39, 0.29) is 52.4 Å². The third-order valence-electron chi connectivity index (χ3n) is 2.57. The van der Waals surface area contributed by atoms with Crippen molar-refractivity contribution in [2.75, 3.05) is 0 Å². The van der Waals surface area contributed by atoms with E-state index in [9.17, 15) is 9.59 Å². The smallest absolute Gasteiger partial charge is 0.302 e. The second-order valence-electron chi connectivity index (χ2n) is 4.41. The fourth-order valence-electron chi connectivity index (χ4n) is 1.98. The van der Waals surface area contributed by atoms with Crippen molar-refractivity contribution >= 4 is 29.1 Å². The summed E-state index contributed by atoms with van der Waals surface area (Å²) >= 11 is 4.77. The fraction of sp³-hybridized carbons (Fsp3) is 0.545. The molecule has 0 spiro atoms.